The molecule has 1 amide bonds. The Balaban J connectivity index is 2.06. The Morgan fingerprint density at radius 3 is 2.36 bits per heavy atom. The third-order valence-corrected chi connectivity index (χ3v) is 4.37. The summed E-state index contributed by atoms with van der Waals surface area (Å²) in [6.07, 6.45) is 2.71. The van der Waals surface area contributed by atoms with Crippen LogP contribution in [0.5, 0.6) is 17.2 Å². The SMILES string of the molecule is COc1ccc(C(=O)N2CCC(OCCCN)CC2)c(OC)c1OC. The highest BCUT2D eigenvalue weighted by molar-refractivity contribution is 5.98. The van der Waals surface area contributed by atoms with Crippen LogP contribution in [0.15, 0.2) is 12.1 Å². The fourth-order valence-electron chi connectivity index (χ4n) is 3.00. The standard InChI is InChI=1S/C18H28N2O5/c1-22-15-6-5-14(16(23-2)17(15)24-3)18(21)20-10-7-13(8-11-20)25-12-4-9-19/h5-6,13H,4,7-12,19H2,1-3H3. The van der Waals surface area contributed by atoms with Gasteiger partial charge in [-0.1, -0.05) is 0 Å². The summed E-state index contributed by atoms with van der Waals surface area (Å²) in [4.78, 5) is 14.7. The maximum atomic E-state index is 12.9. The number of benzene rings is 1. The fraction of sp³-hybridized carbons (Fsp3) is 0.611. The van der Waals surface area contributed by atoms with E-state index in [0.717, 1.165) is 19.3 Å². The molecule has 1 aliphatic heterocycles. The molecule has 0 bridgehead atoms. The number of ether oxygens (including phenoxy) is 4. The first-order valence-electron chi connectivity index (χ1n) is 8.56. The number of hydrogen-bond donors (Lipinski definition) is 1. The van der Waals surface area contributed by atoms with Crippen LogP contribution in [0.3, 0.4) is 0 Å². The third kappa shape index (κ3) is 4.55. The van der Waals surface area contributed by atoms with Gasteiger partial charge in [0.15, 0.2) is 11.5 Å². The Morgan fingerprint density at radius 2 is 1.80 bits per heavy atom. The van der Waals surface area contributed by atoms with Gasteiger partial charge in [0.1, 0.15) is 0 Å². The summed E-state index contributed by atoms with van der Waals surface area (Å²) in [7, 11) is 4.60. The number of rotatable bonds is 8. The van der Waals surface area contributed by atoms with Crippen LogP contribution in [0.1, 0.15) is 29.6 Å². The van der Waals surface area contributed by atoms with E-state index in [1.807, 2.05) is 4.90 Å². The zero-order valence-corrected chi connectivity index (χ0v) is 15.2. The van der Waals surface area contributed by atoms with Gasteiger partial charge in [-0.3, -0.25) is 4.79 Å². The monoisotopic (exact) mass is 352 g/mol. The molecule has 7 heteroatoms. The van der Waals surface area contributed by atoms with Crippen molar-refractivity contribution in [2.24, 2.45) is 5.73 Å². The molecule has 0 radical (unpaired) electrons. The van der Waals surface area contributed by atoms with E-state index in [9.17, 15) is 4.79 Å². The number of amides is 1. The van der Waals surface area contributed by atoms with E-state index >= 15 is 0 Å². The van der Waals surface area contributed by atoms with E-state index in [-0.39, 0.29) is 12.0 Å². The van der Waals surface area contributed by atoms with Crippen LogP contribution in [0.4, 0.5) is 0 Å². The van der Waals surface area contributed by atoms with Crippen molar-refractivity contribution in [3.8, 4) is 17.2 Å². The first-order chi connectivity index (χ1) is 12.2. The number of nitrogens with two attached hydrogens (primary N) is 1. The maximum Gasteiger partial charge on any atom is 0.257 e. The number of carbonyl (C=O) groups excluding carboxylic acids is 1. The zero-order valence-electron chi connectivity index (χ0n) is 15.2. The van der Waals surface area contributed by atoms with Crippen molar-refractivity contribution in [2.45, 2.75) is 25.4 Å². The molecule has 1 aromatic rings. The van der Waals surface area contributed by atoms with Crippen molar-refractivity contribution in [3.05, 3.63) is 17.7 Å². The normalized spacial score (nSPS) is 15.1. The molecular formula is C18H28N2O5. The van der Waals surface area contributed by atoms with Gasteiger partial charge in [0.2, 0.25) is 5.75 Å². The van der Waals surface area contributed by atoms with E-state index in [2.05, 4.69) is 0 Å². The molecule has 0 atom stereocenters. The lowest BCUT2D eigenvalue weighted by Crippen LogP contribution is -2.41. The second-order valence-electron chi connectivity index (χ2n) is 5.89. The zero-order chi connectivity index (χ0) is 18.2. The largest absolute Gasteiger partial charge is 0.493 e. The molecule has 1 saturated heterocycles. The summed E-state index contributed by atoms with van der Waals surface area (Å²) in [5.41, 5.74) is 5.95. The minimum absolute atomic E-state index is 0.0711. The van der Waals surface area contributed by atoms with Crippen molar-refractivity contribution in [1.29, 1.82) is 0 Å². The number of nitrogens with zero attached hydrogens (tertiary/aromatic N) is 1. The Bertz CT molecular complexity index is 571. The highest BCUT2D eigenvalue weighted by atomic mass is 16.5. The van der Waals surface area contributed by atoms with Crippen LogP contribution in [0, 0.1) is 0 Å². The summed E-state index contributed by atoms with van der Waals surface area (Å²) in [5.74, 6) is 1.28. The Hall–Kier alpha value is -1.99. The molecule has 2 rings (SSSR count). The van der Waals surface area contributed by atoms with Crippen molar-refractivity contribution >= 4 is 5.91 Å². The number of carbonyl (C=O) groups is 1. The quantitative estimate of drug-likeness (QED) is 0.717. The molecule has 1 aromatic carbocycles. The van der Waals surface area contributed by atoms with Gasteiger partial charge >= 0.3 is 0 Å². The van der Waals surface area contributed by atoms with Crippen LogP contribution in [0.25, 0.3) is 0 Å². The lowest BCUT2D eigenvalue weighted by molar-refractivity contribution is 0.00836. The van der Waals surface area contributed by atoms with Crippen molar-refractivity contribution in [3.63, 3.8) is 0 Å². The third-order valence-electron chi connectivity index (χ3n) is 4.37. The average Bonchev–Trinajstić information content (AvgIpc) is 2.66. The summed E-state index contributed by atoms with van der Waals surface area (Å²) in [5, 5.41) is 0. The van der Waals surface area contributed by atoms with Gasteiger partial charge in [-0.2, -0.15) is 0 Å². The minimum atomic E-state index is -0.0711. The fourth-order valence-corrected chi connectivity index (χ4v) is 3.00. The lowest BCUT2D eigenvalue weighted by Gasteiger charge is -2.32. The molecule has 1 fully saturated rings. The second-order valence-corrected chi connectivity index (χ2v) is 5.89. The van der Waals surface area contributed by atoms with Gasteiger partial charge in [0.25, 0.3) is 5.91 Å². The molecule has 0 aromatic heterocycles. The molecule has 25 heavy (non-hydrogen) atoms. The predicted molar refractivity (Wildman–Crippen MR) is 94.6 cm³/mol. The van der Waals surface area contributed by atoms with E-state index < -0.39 is 0 Å². The highest BCUT2D eigenvalue weighted by Crippen LogP contribution is 2.40. The van der Waals surface area contributed by atoms with Gasteiger partial charge < -0.3 is 29.6 Å². The molecule has 1 heterocycles. The van der Waals surface area contributed by atoms with E-state index in [0.29, 0.717) is 49.1 Å². The molecule has 7 nitrogen and oxygen atoms in total. The topological polar surface area (TPSA) is 83.2 Å². The van der Waals surface area contributed by atoms with Crippen LogP contribution in [-0.2, 0) is 4.74 Å². The number of hydrogen-bond acceptors (Lipinski definition) is 6. The molecule has 0 spiro atoms. The van der Waals surface area contributed by atoms with Gasteiger partial charge in [0, 0.05) is 19.7 Å². The van der Waals surface area contributed by atoms with Crippen LogP contribution < -0.4 is 19.9 Å². The first-order valence-corrected chi connectivity index (χ1v) is 8.56. The molecule has 2 N–H and O–H groups in total. The van der Waals surface area contributed by atoms with Crippen LogP contribution in [0.2, 0.25) is 0 Å². The summed E-state index contributed by atoms with van der Waals surface area (Å²) < 4.78 is 21.8. The molecule has 1 aliphatic rings. The van der Waals surface area contributed by atoms with Gasteiger partial charge in [-0.25, -0.2) is 0 Å². The molecule has 0 unspecified atom stereocenters. The highest BCUT2D eigenvalue weighted by Gasteiger charge is 2.28. The second kappa shape index (κ2) is 9.48. The summed E-state index contributed by atoms with van der Waals surface area (Å²) >= 11 is 0. The molecule has 140 valence electrons. The van der Waals surface area contributed by atoms with Crippen molar-refractivity contribution in [2.75, 3.05) is 47.6 Å². The number of piperidine rings is 1. The Morgan fingerprint density at radius 1 is 1.12 bits per heavy atom. The van der Waals surface area contributed by atoms with Gasteiger partial charge in [-0.15, -0.1) is 0 Å². The molecular weight excluding hydrogens is 324 g/mol. The van der Waals surface area contributed by atoms with E-state index in [1.54, 1.807) is 19.2 Å². The summed E-state index contributed by atoms with van der Waals surface area (Å²) in [6.45, 7) is 2.63. The van der Waals surface area contributed by atoms with E-state index in [1.165, 1.54) is 14.2 Å². The van der Waals surface area contributed by atoms with Crippen molar-refractivity contribution < 1.29 is 23.7 Å². The van der Waals surface area contributed by atoms with Crippen LogP contribution >= 0.6 is 0 Å². The minimum Gasteiger partial charge on any atom is -0.493 e. The predicted octanol–water partition coefficient (Wildman–Crippen LogP) is 1.68. The van der Waals surface area contributed by atoms with Gasteiger partial charge in [-0.05, 0) is 37.9 Å². The number of methoxy groups -OCH3 is 3. The smallest absolute Gasteiger partial charge is 0.257 e. The first kappa shape index (κ1) is 19.3. The van der Waals surface area contributed by atoms with E-state index in [4.69, 9.17) is 24.7 Å². The molecule has 0 saturated carbocycles. The average molecular weight is 352 g/mol. The molecule has 0 aliphatic carbocycles. The summed E-state index contributed by atoms with van der Waals surface area (Å²) in [6, 6.07) is 3.43. The maximum absolute atomic E-state index is 12.9. The Labute approximate surface area is 149 Å². The Kier molecular flexibility index (Phi) is 7.33. The van der Waals surface area contributed by atoms with Gasteiger partial charge in [0.05, 0.1) is 33.0 Å². The number of likely N-dealkylation sites (tertiary alicyclic amines) is 1. The lowest BCUT2D eigenvalue weighted by atomic mass is 10.1. The van der Waals surface area contributed by atoms with Crippen molar-refractivity contribution in [1.82, 2.24) is 4.90 Å². The van der Waals surface area contributed by atoms with Crippen LogP contribution in [-0.4, -0.2) is 64.5 Å².